The van der Waals surface area contributed by atoms with Crippen molar-refractivity contribution in [2.45, 2.75) is 12.6 Å². The number of carbonyl (C=O) groups excluding carboxylic acids is 1. The van der Waals surface area contributed by atoms with Crippen LogP contribution in [-0.4, -0.2) is 34.0 Å². The van der Waals surface area contributed by atoms with E-state index in [1.807, 2.05) is 24.3 Å². The molecule has 30 heavy (non-hydrogen) atoms. The maximum atomic E-state index is 13.8. The monoisotopic (exact) mass is 432 g/mol. The predicted octanol–water partition coefficient (Wildman–Crippen LogP) is 2.45. The maximum absolute atomic E-state index is 13.8. The number of benzene rings is 2. The van der Waals surface area contributed by atoms with E-state index < -0.39 is 17.5 Å². The van der Waals surface area contributed by atoms with Crippen LogP contribution in [0.25, 0.3) is 0 Å². The van der Waals surface area contributed by atoms with Gasteiger partial charge in [-0.05, 0) is 29.8 Å². The summed E-state index contributed by atoms with van der Waals surface area (Å²) in [6.07, 6.45) is 1.36. The Kier molecular flexibility index (Phi) is 6.03. The summed E-state index contributed by atoms with van der Waals surface area (Å²) in [7, 11) is 0. The van der Waals surface area contributed by atoms with Crippen molar-refractivity contribution in [1.82, 2.24) is 31.2 Å². The van der Waals surface area contributed by atoms with Gasteiger partial charge in [0.1, 0.15) is 11.6 Å². The number of nitrogens with zero attached hydrogens (tertiary/aromatic N) is 3. The molecule has 1 aromatic heterocycles. The fraction of sp³-hybridized carbons (Fsp3) is 0.250. The summed E-state index contributed by atoms with van der Waals surface area (Å²) in [6, 6.07) is 11.2. The second-order valence-corrected chi connectivity index (χ2v) is 7.46. The number of nitrogens with one attached hydrogen (secondary N) is 3. The van der Waals surface area contributed by atoms with Crippen molar-refractivity contribution < 1.29 is 13.6 Å². The molecule has 3 N–H and O–H groups in total. The average Bonchev–Trinajstić information content (AvgIpc) is 3.39. The van der Waals surface area contributed by atoms with Crippen LogP contribution in [0.1, 0.15) is 27.7 Å². The lowest BCUT2D eigenvalue weighted by Gasteiger charge is -2.19. The van der Waals surface area contributed by atoms with Crippen molar-refractivity contribution in [2.75, 3.05) is 13.1 Å². The third-order valence-corrected chi connectivity index (χ3v) is 5.25. The van der Waals surface area contributed by atoms with Crippen LogP contribution >= 0.6 is 11.6 Å². The number of halogens is 3. The lowest BCUT2D eigenvalue weighted by molar-refractivity contribution is 0.0941. The summed E-state index contributed by atoms with van der Waals surface area (Å²) < 4.78 is 28.8. The Morgan fingerprint density at radius 3 is 2.67 bits per heavy atom. The molecule has 1 aliphatic rings. The highest BCUT2D eigenvalue weighted by atomic mass is 35.5. The summed E-state index contributed by atoms with van der Waals surface area (Å²) in [5, 5.41) is 11.1. The van der Waals surface area contributed by atoms with E-state index in [-0.39, 0.29) is 29.8 Å². The molecule has 0 spiro atoms. The molecule has 0 radical (unpaired) electrons. The number of amides is 1. The van der Waals surface area contributed by atoms with Crippen molar-refractivity contribution in [3.05, 3.63) is 82.1 Å². The van der Waals surface area contributed by atoms with Gasteiger partial charge in [-0.1, -0.05) is 35.0 Å². The van der Waals surface area contributed by atoms with Crippen LogP contribution in [0.4, 0.5) is 8.78 Å². The Hall–Kier alpha value is -2.88. The van der Waals surface area contributed by atoms with Crippen molar-refractivity contribution in [3.63, 3.8) is 0 Å². The Bertz CT molecular complexity index is 1020. The number of hydrogen-bond acceptors (Lipinski definition) is 5. The molecule has 2 unspecified atom stereocenters. The predicted molar refractivity (Wildman–Crippen MR) is 107 cm³/mol. The molecule has 2 heterocycles. The Morgan fingerprint density at radius 2 is 1.93 bits per heavy atom. The minimum absolute atomic E-state index is 0.0160. The summed E-state index contributed by atoms with van der Waals surface area (Å²) in [5.74, 6) is -1.65. The maximum Gasteiger partial charge on any atom is 0.273 e. The van der Waals surface area contributed by atoms with Crippen LogP contribution in [-0.2, 0) is 6.54 Å². The lowest BCUT2D eigenvalue weighted by atomic mass is 9.95. The van der Waals surface area contributed by atoms with E-state index >= 15 is 0 Å². The van der Waals surface area contributed by atoms with E-state index in [4.69, 9.17) is 11.6 Å². The van der Waals surface area contributed by atoms with Gasteiger partial charge in [0.15, 0.2) is 5.69 Å². The first-order valence-corrected chi connectivity index (χ1v) is 9.74. The fourth-order valence-electron chi connectivity index (χ4n) is 3.39. The summed E-state index contributed by atoms with van der Waals surface area (Å²) in [4.78, 5) is 12.5. The zero-order valence-corrected chi connectivity index (χ0v) is 16.5. The number of hydrazine groups is 1. The van der Waals surface area contributed by atoms with Crippen LogP contribution in [0, 0.1) is 17.6 Å². The second kappa shape index (κ2) is 8.86. The van der Waals surface area contributed by atoms with Gasteiger partial charge in [0.25, 0.3) is 5.91 Å². The molecular weight excluding hydrogens is 414 g/mol. The number of rotatable bonds is 6. The van der Waals surface area contributed by atoms with Gasteiger partial charge in [-0.2, -0.15) is 0 Å². The molecule has 0 aliphatic carbocycles. The minimum atomic E-state index is -0.675. The van der Waals surface area contributed by atoms with E-state index in [2.05, 4.69) is 26.5 Å². The third-order valence-electron chi connectivity index (χ3n) is 5.00. The van der Waals surface area contributed by atoms with Gasteiger partial charge in [0.05, 0.1) is 18.8 Å². The normalized spacial score (nSPS) is 18.5. The zero-order valence-electron chi connectivity index (χ0n) is 15.8. The Labute approximate surface area is 176 Å². The number of carbonyl (C=O) groups is 1. The molecule has 1 saturated heterocycles. The third kappa shape index (κ3) is 4.48. The van der Waals surface area contributed by atoms with E-state index in [9.17, 15) is 13.6 Å². The topological polar surface area (TPSA) is 83.9 Å². The molecule has 1 aliphatic heterocycles. The quantitative estimate of drug-likeness (QED) is 0.557. The van der Waals surface area contributed by atoms with Crippen LogP contribution in [0.3, 0.4) is 0 Å². The van der Waals surface area contributed by atoms with Crippen molar-refractivity contribution in [1.29, 1.82) is 0 Å². The standard InChI is InChI=1S/C20H19ClF2N6O/c21-14-6-4-12(5-7-14)19-13(9-25-27-19)8-24-20(30)18-11-29(28-26-18)10-15-16(22)2-1-3-17(15)23/h1-7,11,13,19,25,27H,8-10H2,(H,24,30). The first-order valence-electron chi connectivity index (χ1n) is 9.36. The van der Waals surface area contributed by atoms with Crippen LogP contribution in [0.2, 0.25) is 5.02 Å². The molecule has 4 rings (SSSR count). The highest BCUT2D eigenvalue weighted by Crippen LogP contribution is 2.25. The van der Waals surface area contributed by atoms with E-state index in [0.717, 1.165) is 5.56 Å². The van der Waals surface area contributed by atoms with E-state index in [1.165, 1.54) is 29.1 Å². The lowest BCUT2D eigenvalue weighted by Crippen LogP contribution is -2.33. The molecule has 0 saturated carbocycles. The number of hydrogen-bond donors (Lipinski definition) is 3. The zero-order chi connectivity index (χ0) is 21.1. The van der Waals surface area contributed by atoms with E-state index in [0.29, 0.717) is 18.1 Å². The van der Waals surface area contributed by atoms with Gasteiger partial charge in [-0.15, -0.1) is 5.10 Å². The van der Waals surface area contributed by atoms with Crippen LogP contribution in [0.5, 0.6) is 0 Å². The molecule has 1 fully saturated rings. The molecular formula is C20H19ClF2N6O. The van der Waals surface area contributed by atoms with Gasteiger partial charge in [-0.25, -0.2) is 18.9 Å². The highest BCUT2D eigenvalue weighted by molar-refractivity contribution is 6.30. The van der Waals surface area contributed by atoms with Gasteiger partial charge < -0.3 is 5.32 Å². The first kappa shape index (κ1) is 20.4. The molecule has 3 aromatic rings. The Morgan fingerprint density at radius 1 is 1.20 bits per heavy atom. The van der Waals surface area contributed by atoms with Crippen molar-refractivity contribution >= 4 is 17.5 Å². The summed E-state index contributed by atoms with van der Waals surface area (Å²) in [5.41, 5.74) is 7.30. The average molecular weight is 433 g/mol. The van der Waals surface area contributed by atoms with Gasteiger partial charge in [0, 0.05) is 29.6 Å². The largest absolute Gasteiger partial charge is 0.350 e. The van der Waals surface area contributed by atoms with E-state index in [1.54, 1.807) is 0 Å². The molecule has 1 amide bonds. The SMILES string of the molecule is O=C(NCC1CNNC1c1ccc(Cl)cc1)c1cn(Cc2c(F)cccc2F)nn1. The molecule has 7 nitrogen and oxygen atoms in total. The molecule has 2 atom stereocenters. The summed E-state index contributed by atoms with van der Waals surface area (Å²) >= 11 is 5.95. The number of aromatic nitrogens is 3. The summed E-state index contributed by atoms with van der Waals surface area (Å²) in [6.45, 7) is 0.918. The smallest absolute Gasteiger partial charge is 0.273 e. The first-order chi connectivity index (χ1) is 14.5. The van der Waals surface area contributed by atoms with Gasteiger partial charge >= 0.3 is 0 Å². The fourth-order valence-corrected chi connectivity index (χ4v) is 3.52. The van der Waals surface area contributed by atoms with Crippen LogP contribution < -0.4 is 16.2 Å². The molecule has 0 bridgehead atoms. The van der Waals surface area contributed by atoms with Gasteiger partial charge in [-0.3, -0.25) is 10.2 Å². The highest BCUT2D eigenvalue weighted by Gasteiger charge is 2.28. The van der Waals surface area contributed by atoms with Crippen LogP contribution in [0.15, 0.2) is 48.7 Å². The van der Waals surface area contributed by atoms with Gasteiger partial charge in [0.2, 0.25) is 0 Å². The second-order valence-electron chi connectivity index (χ2n) is 7.03. The Balaban J connectivity index is 1.37. The van der Waals surface area contributed by atoms with Crippen molar-refractivity contribution in [2.24, 2.45) is 5.92 Å². The van der Waals surface area contributed by atoms with Crippen molar-refractivity contribution in [3.8, 4) is 0 Å². The molecule has 10 heteroatoms. The minimum Gasteiger partial charge on any atom is -0.350 e. The molecule has 156 valence electrons. The molecule has 2 aromatic carbocycles.